The van der Waals surface area contributed by atoms with Crippen LogP contribution in [0.3, 0.4) is 0 Å². The molecule has 4 heterocycles. The Labute approximate surface area is 321 Å². The highest BCUT2D eigenvalue weighted by Crippen LogP contribution is 2.46. The maximum Gasteiger partial charge on any atom is 0.287 e. The van der Waals surface area contributed by atoms with E-state index >= 15 is 0 Å². The highest BCUT2D eigenvalue weighted by molar-refractivity contribution is 7.91. The van der Waals surface area contributed by atoms with E-state index in [-0.39, 0.29) is 43.0 Å². The summed E-state index contributed by atoms with van der Waals surface area (Å²) in [5.74, 6) is -3.73. The van der Waals surface area contributed by atoms with Crippen molar-refractivity contribution in [1.82, 2.24) is 25.2 Å². The molecule has 4 aromatic rings. The van der Waals surface area contributed by atoms with Crippen LogP contribution in [0.5, 0.6) is 5.88 Å². The average Bonchev–Trinajstić information content (AvgIpc) is 4.04. The summed E-state index contributed by atoms with van der Waals surface area (Å²) in [7, 11) is -3.94. The van der Waals surface area contributed by atoms with Gasteiger partial charge >= 0.3 is 0 Å². The zero-order valence-corrected chi connectivity index (χ0v) is 31.4. The Hall–Kier alpha value is -5.38. The highest BCUT2D eigenvalue weighted by atomic mass is 32.2. The summed E-state index contributed by atoms with van der Waals surface area (Å²) in [6.45, 7) is 1.54. The van der Waals surface area contributed by atoms with Gasteiger partial charge < -0.3 is 24.7 Å². The van der Waals surface area contributed by atoms with E-state index in [2.05, 4.69) is 20.3 Å². The minimum atomic E-state index is -3.94. The number of benzene rings is 2. The summed E-state index contributed by atoms with van der Waals surface area (Å²) < 4.78 is 68.7. The van der Waals surface area contributed by atoms with Gasteiger partial charge in [0, 0.05) is 29.2 Å². The third-order valence-corrected chi connectivity index (χ3v) is 12.9. The third-order valence-electron chi connectivity index (χ3n) is 11.1. The van der Waals surface area contributed by atoms with Crippen LogP contribution < -0.4 is 20.1 Å². The van der Waals surface area contributed by atoms with Crippen molar-refractivity contribution >= 4 is 55.3 Å². The monoisotopic (exact) mass is 789 g/mol. The minimum absolute atomic E-state index is 0.0178. The number of pyridine rings is 1. The number of carbonyl (C=O) groups excluding carboxylic acids is 4. The molecule has 0 spiro atoms. The van der Waals surface area contributed by atoms with Crippen molar-refractivity contribution in [3.63, 3.8) is 0 Å². The largest absolute Gasteiger partial charge is 0.472 e. The molecule has 3 N–H and O–H groups in total. The molecular weight excluding hydrogens is 749 g/mol. The van der Waals surface area contributed by atoms with Gasteiger partial charge in [-0.2, -0.15) is 0 Å². The molecule has 4 aliphatic rings. The lowest BCUT2D eigenvalue weighted by Gasteiger charge is -2.29. The van der Waals surface area contributed by atoms with Gasteiger partial charge in [-0.3, -0.25) is 23.9 Å². The molecule has 16 heteroatoms. The lowest BCUT2D eigenvalue weighted by atomic mass is 10.0. The number of aromatic nitrogens is 1. The molecule has 2 aliphatic heterocycles. The van der Waals surface area contributed by atoms with Gasteiger partial charge in [0.05, 0.1) is 17.3 Å². The van der Waals surface area contributed by atoms with Crippen LogP contribution in [0.4, 0.5) is 8.78 Å². The third kappa shape index (κ3) is 7.45. The van der Waals surface area contributed by atoms with Crippen LogP contribution in [-0.2, 0) is 24.4 Å². The molecule has 56 heavy (non-hydrogen) atoms. The lowest BCUT2D eigenvalue weighted by Crippen LogP contribution is -2.58. The Morgan fingerprint density at radius 1 is 0.982 bits per heavy atom. The first-order chi connectivity index (χ1) is 26.8. The van der Waals surface area contributed by atoms with Crippen LogP contribution in [-0.4, -0.2) is 77.5 Å². The molecule has 0 unspecified atom stereocenters. The molecule has 1 saturated heterocycles. The Kier molecular flexibility index (Phi) is 9.79. The number of allylic oxidation sites excluding steroid dienone is 1. The van der Waals surface area contributed by atoms with Gasteiger partial charge in [-0.05, 0) is 93.3 Å². The number of sulfonamides is 1. The molecular formula is C40H41F2N5O8S. The number of carbonyl (C=O) groups is 4. The maximum absolute atomic E-state index is 14.6. The van der Waals surface area contributed by atoms with E-state index < -0.39 is 80.2 Å². The number of halogens is 2. The second-order valence-corrected chi connectivity index (χ2v) is 17.2. The fourth-order valence-electron chi connectivity index (χ4n) is 7.80. The minimum Gasteiger partial charge on any atom is -0.472 e. The number of nitrogens with one attached hydrogen (secondary N) is 3. The fourth-order valence-corrected chi connectivity index (χ4v) is 9.17. The number of fused-ring (bicyclic) bond motifs is 5. The number of aryl methyl sites for hydroxylation is 1. The standard InChI is InChI=1S/C40H41F2N5O8S/c1-22-9-16-34(54-22)36(49)43-31-8-6-4-2-3-5-7-23-20-40(23,39(51)46-56(52,53)27-12-13-27)45-35(48)33-19-26(21-47(33)38(31)50)55-37-29-15-11-24(41)17-30(29)28-14-10-25(42)18-32(28)44-37/h5,7,9-11,14-18,23,26-27,31,33H,2-4,6,8,12-13,19-21H2,1H3,(H,43,49)(H,45,48)(H,46,51)/b7-5-/t23-,26-,31+,33+,40-/m1/s1. The number of rotatable bonds is 7. The Balaban J connectivity index is 1.14. The van der Waals surface area contributed by atoms with Crippen LogP contribution in [0.25, 0.3) is 21.7 Å². The number of amides is 4. The molecule has 294 valence electrons. The smallest absolute Gasteiger partial charge is 0.287 e. The SMILES string of the molecule is Cc1ccc(C(=O)N[C@H]2CCCCC/C=C\[C@@H]3C[C@@]3(C(=O)NS(=O)(=O)C3CC3)NC(=O)[C@@H]3C[C@@H](Oc4nc5cc(F)ccc5c5cc(F)ccc45)CN3C2=O)o1. The molecule has 8 rings (SSSR count). The second-order valence-electron chi connectivity index (χ2n) is 15.2. The van der Waals surface area contributed by atoms with Gasteiger partial charge in [-0.15, -0.1) is 0 Å². The van der Waals surface area contributed by atoms with Crippen molar-refractivity contribution in [2.24, 2.45) is 5.92 Å². The van der Waals surface area contributed by atoms with Crippen molar-refractivity contribution in [2.75, 3.05) is 6.54 Å². The molecule has 0 bridgehead atoms. The number of furan rings is 1. The molecule has 2 aromatic heterocycles. The number of hydrogen-bond acceptors (Lipinski definition) is 9. The summed E-state index contributed by atoms with van der Waals surface area (Å²) in [6, 6.07) is 8.81. The van der Waals surface area contributed by atoms with Gasteiger partial charge in [0.2, 0.25) is 27.7 Å². The fraction of sp³-hybridized carbons (Fsp3) is 0.425. The predicted molar refractivity (Wildman–Crippen MR) is 200 cm³/mol. The van der Waals surface area contributed by atoms with Crippen LogP contribution in [0.2, 0.25) is 0 Å². The van der Waals surface area contributed by atoms with E-state index in [1.807, 2.05) is 12.2 Å². The van der Waals surface area contributed by atoms with Crippen molar-refractivity contribution in [3.05, 3.63) is 83.8 Å². The molecule has 2 aromatic carbocycles. The molecule has 5 atom stereocenters. The van der Waals surface area contributed by atoms with Crippen molar-refractivity contribution < 1.29 is 45.5 Å². The first-order valence-corrected chi connectivity index (χ1v) is 20.4. The van der Waals surface area contributed by atoms with Gasteiger partial charge in [0.15, 0.2) is 5.76 Å². The first-order valence-electron chi connectivity index (χ1n) is 18.9. The first kappa shape index (κ1) is 37.5. The van der Waals surface area contributed by atoms with Crippen molar-refractivity contribution in [3.8, 4) is 5.88 Å². The van der Waals surface area contributed by atoms with E-state index in [9.17, 15) is 36.4 Å². The molecule has 3 fully saturated rings. The van der Waals surface area contributed by atoms with E-state index in [1.54, 1.807) is 13.0 Å². The molecule has 2 aliphatic carbocycles. The summed E-state index contributed by atoms with van der Waals surface area (Å²) in [5, 5.41) is 6.29. The Bertz CT molecular complexity index is 2400. The lowest BCUT2D eigenvalue weighted by molar-refractivity contribution is -0.141. The predicted octanol–water partition coefficient (Wildman–Crippen LogP) is 4.72. The van der Waals surface area contributed by atoms with E-state index in [0.717, 1.165) is 6.42 Å². The van der Waals surface area contributed by atoms with Gasteiger partial charge in [0.25, 0.3) is 11.8 Å². The summed E-state index contributed by atoms with van der Waals surface area (Å²) in [4.78, 5) is 62.0. The van der Waals surface area contributed by atoms with E-state index in [4.69, 9.17) is 9.15 Å². The highest BCUT2D eigenvalue weighted by Gasteiger charge is 2.62. The molecule has 4 amide bonds. The van der Waals surface area contributed by atoms with Crippen molar-refractivity contribution in [1.29, 1.82) is 0 Å². The van der Waals surface area contributed by atoms with Crippen LogP contribution in [0.1, 0.15) is 74.1 Å². The zero-order chi connectivity index (χ0) is 39.4. The van der Waals surface area contributed by atoms with Crippen LogP contribution >= 0.6 is 0 Å². The van der Waals surface area contributed by atoms with Gasteiger partial charge in [-0.25, -0.2) is 22.2 Å². The second kappa shape index (κ2) is 14.6. The summed E-state index contributed by atoms with van der Waals surface area (Å²) in [5.41, 5.74) is -1.36. The normalized spacial score (nSPS) is 26.4. The Morgan fingerprint density at radius 2 is 1.75 bits per heavy atom. The topological polar surface area (TPSA) is 177 Å². The number of hydrogen-bond donors (Lipinski definition) is 3. The number of ether oxygens (including phenoxy) is 1. The van der Waals surface area contributed by atoms with Crippen LogP contribution in [0.15, 0.2) is 65.1 Å². The molecule has 2 saturated carbocycles. The van der Waals surface area contributed by atoms with Gasteiger partial charge in [-0.1, -0.05) is 25.0 Å². The van der Waals surface area contributed by atoms with E-state index in [1.165, 1.54) is 47.4 Å². The quantitative estimate of drug-likeness (QED) is 0.177. The van der Waals surface area contributed by atoms with Gasteiger partial charge in [0.1, 0.15) is 41.1 Å². The average molecular weight is 790 g/mol. The molecule has 0 radical (unpaired) electrons. The summed E-state index contributed by atoms with van der Waals surface area (Å²) >= 11 is 0. The van der Waals surface area contributed by atoms with Crippen LogP contribution in [0, 0.1) is 24.5 Å². The number of nitrogens with zero attached hydrogens (tertiary/aromatic N) is 2. The van der Waals surface area contributed by atoms with Crippen molar-refractivity contribution in [2.45, 2.75) is 93.7 Å². The Morgan fingerprint density at radius 3 is 2.50 bits per heavy atom. The summed E-state index contributed by atoms with van der Waals surface area (Å²) in [6.07, 6.45) is 6.76. The maximum atomic E-state index is 14.6. The molecule has 13 nitrogen and oxygen atoms in total. The van der Waals surface area contributed by atoms with E-state index in [0.29, 0.717) is 54.0 Å². The zero-order valence-electron chi connectivity index (χ0n) is 30.6.